The predicted molar refractivity (Wildman–Crippen MR) is 103 cm³/mol. The van der Waals surface area contributed by atoms with Gasteiger partial charge in [-0.1, -0.05) is 30.3 Å². The van der Waals surface area contributed by atoms with E-state index < -0.39 is 51.4 Å². The van der Waals surface area contributed by atoms with Gasteiger partial charge in [-0.05, 0) is 36.2 Å². The minimum Gasteiger partial charge on any atom is -0.467 e. The molecule has 2 N–H and O–H groups in total. The van der Waals surface area contributed by atoms with Crippen molar-refractivity contribution in [2.45, 2.75) is 29.6 Å². The number of benzene rings is 2. The van der Waals surface area contributed by atoms with Crippen molar-refractivity contribution in [3.05, 3.63) is 65.7 Å². The maximum atomic E-state index is 12.6. The Kier molecular flexibility index (Phi) is 7.80. The second-order valence-electron chi connectivity index (χ2n) is 6.53. The van der Waals surface area contributed by atoms with Crippen LogP contribution in [0.5, 0.6) is 0 Å². The van der Waals surface area contributed by atoms with Crippen LogP contribution < -0.4 is 5.32 Å². The van der Waals surface area contributed by atoms with Crippen LogP contribution in [0.1, 0.15) is 23.7 Å². The normalized spacial score (nSPS) is 13.8. The number of aliphatic hydroxyl groups excluding tert-OH is 1. The SMILES string of the molecule is COC(=O)[C@@H](CCS(=O)(=O)c1ccccc1)NC(=O)[C@@H](O)c1ccc(C(F)(F)F)cc1. The van der Waals surface area contributed by atoms with E-state index in [4.69, 9.17) is 0 Å². The van der Waals surface area contributed by atoms with Crippen molar-refractivity contribution >= 4 is 21.7 Å². The van der Waals surface area contributed by atoms with Crippen molar-refractivity contribution in [2.24, 2.45) is 0 Å². The van der Waals surface area contributed by atoms with Crippen molar-refractivity contribution in [3.8, 4) is 0 Å². The highest BCUT2D eigenvalue weighted by Crippen LogP contribution is 2.30. The third-order valence-electron chi connectivity index (χ3n) is 4.38. The number of carbonyl (C=O) groups is 2. The van der Waals surface area contributed by atoms with Crippen molar-refractivity contribution < 1.29 is 41.0 Å². The maximum Gasteiger partial charge on any atom is 0.416 e. The maximum absolute atomic E-state index is 12.6. The molecule has 0 radical (unpaired) electrons. The van der Waals surface area contributed by atoms with Crippen molar-refractivity contribution in [3.63, 3.8) is 0 Å². The lowest BCUT2D eigenvalue weighted by molar-refractivity contribution is -0.146. The second kappa shape index (κ2) is 9.92. The summed E-state index contributed by atoms with van der Waals surface area (Å²) in [6, 6.07) is 9.36. The fraction of sp³-hybridized carbons (Fsp3) is 0.300. The van der Waals surface area contributed by atoms with Crippen LogP contribution in [-0.2, 0) is 30.3 Å². The number of ether oxygens (including phenoxy) is 1. The number of halogens is 3. The number of nitrogens with one attached hydrogen (secondary N) is 1. The topological polar surface area (TPSA) is 110 Å². The van der Waals surface area contributed by atoms with Gasteiger partial charge >= 0.3 is 12.1 Å². The molecule has 31 heavy (non-hydrogen) atoms. The van der Waals surface area contributed by atoms with E-state index in [2.05, 4.69) is 10.1 Å². The minimum absolute atomic E-state index is 0.0368. The highest BCUT2D eigenvalue weighted by molar-refractivity contribution is 7.91. The molecule has 11 heteroatoms. The summed E-state index contributed by atoms with van der Waals surface area (Å²) >= 11 is 0. The third-order valence-corrected chi connectivity index (χ3v) is 6.15. The Bertz CT molecular complexity index is 1010. The van der Waals surface area contributed by atoms with E-state index >= 15 is 0 Å². The first-order chi connectivity index (χ1) is 14.5. The van der Waals surface area contributed by atoms with Gasteiger partial charge in [0.25, 0.3) is 5.91 Å². The smallest absolute Gasteiger partial charge is 0.416 e. The molecule has 0 saturated carbocycles. The molecule has 0 saturated heterocycles. The zero-order valence-corrected chi connectivity index (χ0v) is 17.1. The standard InChI is InChI=1S/C20H20F3NO6S/c1-30-19(27)16(11-12-31(28,29)15-5-3-2-4-6-15)24-18(26)17(25)13-7-9-14(10-8-13)20(21,22)23/h2-10,16-17,25H,11-12H2,1H3,(H,24,26)/t16-,17+/m1/s1. The third kappa shape index (κ3) is 6.53. The first kappa shape index (κ1) is 24.4. The number of alkyl halides is 3. The fourth-order valence-corrected chi connectivity index (χ4v) is 4.02. The number of rotatable bonds is 8. The quantitative estimate of drug-likeness (QED) is 0.586. The van der Waals surface area contributed by atoms with Gasteiger partial charge in [0.15, 0.2) is 15.9 Å². The molecule has 1 amide bonds. The molecular weight excluding hydrogens is 439 g/mol. The monoisotopic (exact) mass is 459 g/mol. The first-order valence-electron chi connectivity index (χ1n) is 8.97. The Balaban J connectivity index is 2.09. The summed E-state index contributed by atoms with van der Waals surface area (Å²) in [5.41, 5.74) is -1.09. The van der Waals surface area contributed by atoms with Crippen LogP contribution in [0.4, 0.5) is 13.2 Å². The summed E-state index contributed by atoms with van der Waals surface area (Å²) in [7, 11) is -2.71. The summed E-state index contributed by atoms with van der Waals surface area (Å²) in [5.74, 6) is -2.52. The molecule has 2 aromatic carbocycles. The molecule has 0 aliphatic heterocycles. The lowest BCUT2D eigenvalue weighted by atomic mass is 10.1. The van der Waals surface area contributed by atoms with Crippen LogP contribution in [0.2, 0.25) is 0 Å². The molecule has 0 spiro atoms. The summed E-state index contributed by atoms with van der Waals surface area (Å²) in [6.45, 7) is 0. The molecule has 0 unspecified atom stereocenters. The van der Waals surface area contributed by atoms with Gasteiger partial charge in [-0.2, -0.15) is 13.2 Å². The number of hydrogen-bond donors (Lipinski definition) is 2. The summed E-state index contributed by atoms with van der Waals surface area (Å²) in [6.07, 6.45) is -6.79. The number of amides is 1. The van der Waals surface area contributed by atoms with Gasteiger partial charge in [0.05, 0.1) is 23.3 Å². The molecule has 2 aromatic rings. The van der Waals surface area contributed by atoms with E-state index in [1.165, 1.54) is 24.3 Å². The molecular formula is C20H20F3NO6S. The average molecular weight is 459 g/mol. The van der Waals surface area contributed by atoms with Crippen molar-refractivity contribution in [1.29, 1.82) is 0 Å². The van der Waals surface area contributed by atoms with Gasteiger partial charge in [0, 0.05) is 0 Å². The summed E-state index contributed by atoms with van der Waals surface area (Å²) in [4.78, 5) is 24.3. The Labute approximate surface area is 176 Å². The number of esters is 1. The predicted octanol–water partition coefficient (Wildman–Crippen LogP) is 2.26. The largest absolute Gasteiger partial charge is 0.467 e. The number of aliphatic hydroxyl groups is 1. The Morgan fingerprint density at radius 2 is 1.65 bits per heavy atom. The van der Waals surface area contributed by atoms with Crippen LogP contribution in [0, 0.1) is 0 Å². The van der Waals surface area contributed by atoms with Crippen LogP contribution in [0.15, 0.2) is 59.5 Å². The van der Waals surface area contributed by atoms with Crippen LogP contribution in [-0.4, -0.2) is 44.3 Å². The van der Waals surface area contributed by atoms with Gasteiger partial charge in [-0.15, -0.1) is 0 Å². The lowest BCUT2D eigenvalue weighted by Gasteiger charge is -2.19. The zero-order chi connectivity index (χ0) is 23.2. The van der Waals surface area contributed by atoms with E-state index in [1.807, 2.05) is 0 Å². The van der Waals surface area contributed by atoms with Gasteiger partial charge in [-0.25, -0.2) is 13.2 Å². The number of carbonyl (C=O) groups excluding carboxylic acids is 2. The summed E-state index contributed by atoms with van der Waals surface area (Å²) in [5, 5.41) is 12.3. The Hall–Kier alpha value is -2.92. The molecule has 168 valence electrons. The number of sulfone groups is 1. The van der Waals surface area contributed by atoms with Gasteiger partial charge < -0.3 is 15.2 Å². The number of hydrogen-bond acceptors (Lipinski definition) is 6. The van der Waals surface area contributed by atoms with E-state index in [1.54, 1.807) is 6.07 Å². The first-order valence-corrected chi connectivity index (χ1v) is 10.6. The molecule has 0 aromatic heterocycles. The zero-order valence-electron chi connectivity index (χ0n) is 16.3. The molecule has 0 bridgehead atoms. The van der Waals surface area contributed by atoms with Crippen LogP contribution in [0.25, 0.3) is 0 Å². The molecule has 2 rings (SSSR count). The van der Waals surface area contributed by atoms with E-state index in [-0.39, 0.29) is 16.9 Å². The molecule has 0 aliphatic rings. The fourth-order valence-electron chi connectivity index (χ4n) is 2.67. The molecule has 2 atom stereocenters. The second-order valence-corrected chi connectivity index (χ2v) is 8.64. The molecule has 0 fully saturated rings. The molecule has 0 aliphatic carbocycles. The Morgan fingerprint density at radius 3 is 2.16 bits per heavy atom. The van der Waals surface area contributed by atoms with Crippen LogP contribution in [0.3, 0.4) is 0 Å². The van der Waals surface area contributed by atoms with E-state index in [0.717, 1.165) is 19.2 Å². The highest BCUT2D eigenvalue weighted by Gasteiger charge is 2.31. The lowest BCUT2D eigenvalue weighted by Crippen LogP contribution is -2.44. The van der Waals surface area contributed by atoms with Crippen molar-refractivity contribution in [2.75, 3.05) is 12.9 Å². The molecule has 7 nitrogen and oxygen atoms in total. The molecule has 0 heterocycles. The number of methoxy groups -OCH3 is 1. The van der Waals surface area contributed by atoms with Crippen molar-refractivity contribution in [1.82, 2.24) is 5.32 Å². The minimum atomic E-state index is -4.58. The summed E-state index contributed by atoms with van der Waals surface area (Å²) < 4.78 is 67.3. The van der Waals surface area contributed by atoms with Gasteiger partial charge in [0.1, 0.15) is 6.04 Å². The van der Waals surface area contributed by atoms with E-state index in [9.17, 15) is 36.3 Å². The van der Waals surface area contributed by atoms with E-state index in [0.29, 0.717) is 12.1 Å². The van der Waals surface area contributed by atoms with Gasteiger partial charge in [0.2, 0.25) is 0 Å². The van der Waals surface area contributed by atoms with Gasteiger partial charge in [-0.3, -0.25) is 4.79 Å². The Morgan fingerprint density at radius 1 is 1.06 bits per heavy atom. The van der Waals surface area contributed by atoms with Crippen LogP contribution >= 0.6 is 0 Å². The average Bonchev–Trinajstić information content (AvgIpc) is 2.75. The highest BCUT2D eigenvalue weighted by atomic mass is 32.2.